The SMILES string of the molecule is ON=C(Cl)c1c(F)c(F)c(F)c(F)c1F. The lowest BCUT2D eigenvalue weighted by Gasteiger charge is -2.04. The Balaban J connectivity index is 3.67. The van der Waals surface area contributed by atoms with Gasteiger partial charge in [-0.25, -0.2) is 22.0 Å². The number of benzene rings is 1. The van der Waals surface area contributed by atoms with E-state index >= 15 is 0 Å². The molecule has 0 spiro atoms. The summed E-state index contributed by atoms with van der Waals surface area (Å²) in [6.45, 7) is 0. The molecule has 0 aliphatic rings. The van der Waals surface area contributed by atoms with Crippen LogP contribution in [0, 0.1) is 29.1 Å². The molecule has 0 radical (unpaired) electrons. The van der Waals surface area contributed by atoms with Crippen LogP contribution in [0.5, 0.6) is 0 Å². The zero-order valence-electron chi connectivity index (χ0n) is 6.66. The summed E-state index contributed by atoms with van der Waals surface area (Å²) >= 11 is 4.96. The summed E-state index contributed by atoms with van der Waals surface area (Å²) in [6, 6.07) is 0. The van der Waals surface area contributed by atoms with Crippen LogP contribution in [0.25, 0.3) is 0 Å². The predicted molar refractivity (Wildman–Crippen MR) is 40.4 cm³/mol. The van der Waals surface area contributed by atoms with Gasteiger partial charge in [0.25, 0.3) is 0 Å². The van der Waals surface area contributed by atoms with Crippen molar-refractivity contribution in [3.63, 3.8) is 0 Å². The van der Waals surface area contributed by atoms with Crippen molar-refractivity contribution in [1.29, 1.82) is 0 Å². The zero-order chi connectivity index (χ0) is 11.7. The van der Waals surface area contributed by atoms with Crippen molar-refractivity contribution in [3.8, 4) is 0 Å². The normalized spacial score (nSPS) is 12.0. The average Bonchev–Trinajstić information content (AvgIpc) is 2.23. The summed E-state index contributed by atoms with van der Waals surface area (Å²) in [6.07, 6.45) is 0. The lowest BCUT2D eigenvalue weighted by molar-refractivity contribution is 0.319. The molecule has 0 atom stereocenters. The van der Waals surface area contributed by atoms with Gasteiger partial charge in [-0.15, -0.1) is 0 Å². The number of nitrogens with zero attached hydrogens (tertiary/aromatic N) is 1. The van der Waals surface area contributed by atoms with Gasteiger partial charge in [-0.3, -0.25) is 0 Å². The van der Waals surface area contributed by atoms with Crippen LogP contribution in [0.4, 0.5) is 22.0 Å². The van der Waals surface area contributed by atoms with Gasteiger partial charge in [-0.2, -0.15) is 0 Å². The minimum absolute atomic E-state index is 1.23. The van der Waals surface area contributed by atoms with Crippen molar-refractivity contribution in [1.82, 2.24) is 0 Å². The third-order valence-electron chi connectivity index (χ3n) is 1.50. The van der Waals surface area contributed by atoms with Gasteiger partial charge in [0.1, 0.15) is 0 Å². The van der Waals surface area contributed by atoms with Crippen LogP contribution < -0.4 is 0 Å². The molecule has 1 aromatic carbocycles. The summed E-state index contributed by atoms with van der Waals surface area (Å²) in [7, 11) is 0. The van der Waals surface area contributed by atoms with Gasteiger partial charge in [-0.1, -0.05) is 16.8 Å². The molecule has 0 saturated heterocycles. The number of rotatable bonds is 1. The Hall–Kier alpha value is -1.37. The number of hydrogen-bond donors (Lipinski definition) is 1. The van der Waals surface area contributed by atoms with Crippen molar-refractivity contribution in [2.24, 2.45) is 5.16 Å². The first-order valence-electron chi connectivity index (χ1n) is 3.31. The van der Waals surface area contributed by atoms with Gasteiger partial charge in [0.15, 0.2) is 28.4 Å². The fourth-order valence-corrected chi connectivity index (χ4v) is 1.00. The van der Waals surface area contributed by atoms with Crippen LogP contribution in [0.3, 0.4) is 0 Å². The molecule has 82 valence electrons. The van der Waals surface area contributed by atoms with E-state index < -0.39 is 39.8 Å². The molecule has 0 aromatic heterocycles. The number of hydrogen-bond acceptors (Lipinski definition) is 2. The lowest BCUT2D eigenvalue weighted by Crippen LogP contribution is -2.09. The highest BCUT2D eigenvalue weighted by Crippen LogP contribution is 2.24. The second-order valence-electron chi connectivity index (χ2n) is 2.34. The predicted octanol–water partition coefficient (Wildman–Crippen LogP) is 2.76. The van der Waals surface area contributed by atoms with Gasteiger partial charge < -0.3 is 5.21 Å². The standard InChI is InChI=1S/C7HClF5NO/c8-7(14-15)1-2(9)4(11)6(13)5(12)3(1)10/h15H. The molecule has 1 N–H and O–H groups in total. The van der Waals surface area contributed by atoms with E-state index in [4.69, 9.17) is 16.8 Å². The van der Waals surface area contributed by atoms with E-state index in [1.54, 1.807) is 0 Å². The fourth-order valence-electron chi connectivity index (χ4n) is 0.836. The Kier molecular flexibility index (Phi) is 3.13. The molecule has 0 aliphatic carbocycles. The highest BCUT2D eigenvalue weighted by molar-refractivity contribution is 6.69. The maximum Gasteiger partial charge on any atom is 0.200 e. The number of halogens is 6. The molecular formula is C7HClF5NO. The van der Waals surface area contributed by atoms with Crippen molar-refractivity contribution in [3.05, 3.63) is 34.6 Å². The molecular weight excluding hydrogens is 245 g/mol. The maximum atomic E-state index is 12.8. The zero-order valence-corrected chi connectivity index (χ0v) is 7.42. The van der Waals surface area contributed by atoms with Gasteiger partial charge in [0.05, 0.1) is 5.56 Å². The van der Waals surface area contributed by atoms with E-state index in [0.29, 0.717) is 0 Å². The molecule has 0 fully saturated rings. The van der Waals surface area contributed by atoms with Crippen LogP contribution in [0.15, 0.2) is 5.16 Å². The molecule has 15 heavy (non-hydrogen) atoms. The number of oxime groups is 1. The van der Waals surface area contributed by atoms with E-state index in [2.05, 4.69) is 5.16 Å². The first kappa shape index (κ1) is 11.7. The minimum atomic E-state index is -2.31. The van der Waals surface area contributed by atoms with Crippen molar-refractivity contribution in [2.45, 2.75) is 0 Å². The molecule has 0 saturated carbocycles. The van der Waals surface area contributed by atoms with Gasteiger partial charge >= 0.3 is 0 Å². The van der Waals surface area contributed by atoms with Crippen LogP contribution in [0.2, 0.25) is 0 Å². The van der Waals surface area contributed by atoms with Crippen LogP contribution in [-0.2, 0) is 0 Å². The Morgan fingerprint density at radius 1 is 0.867 bits per heavy atom. The average molecular weight is 246 g/mol. The topological polar surface area (TPSA) is 32.6 Å². The van der Waals surface area contributed by atoms with Crippen molar-refractivity contribution in [2.75, 3.05) is 0 Å². The minimum Gasteiger partial charge on any atom is -0.410 e. The monoisotopic (exact) mass is 245 g/mol. The quantitative estimate of drug-likeness (QED) is 0.202. The summed E-state index contributed by atoms with van der Waals surface area (Å²) in [5.74, 6) is -10.9. The molecule has 0 aliphatic heterocycles. The van der Waals surface area contributed by atoms with Crippen molar-refractivity contribution < 1.29 is 27.2 Å². The second-order valence-corrected chi connectivity index (χ2v) is 2.69. The highest BCUT2D eigenvalue weighted by Gasteiger charge is 2.28. The third-order valence-corrected chi connectivity index (χ3v) is 1.77. The Morgan fingerprint density at radius 3 is 1.53 bits per heavy atom. The summed E-state index contributed by atoms with van der Waals surface area (Å²) in [5.41, 5.74) is -1.48. The first-order chi connectivity index (χ1) is 6.91. The third kappa shape index (κ3) is 1.74. The molecule has 0 bridgehead atoms. The van der Waals surface area contributed by atoms with E-state index in [0.717, 1.165) is 0 Å². The van der Waals surface area contributed by atoms with E-state index in [1.807, 2.05) is 0 Å². The van der Waals surface area contributed by atoms with Crippen molar-refractivity contribution >= 4 is 16.8 Å². The Bertz CT molecular complexity index is 418. The first-order valence-corrected chi connectivity index (χ1v) is 3.69. The molecule has 1 rings (SSSR count). The van der Waals surface area contributed by atoms with Gasteiger partial charge in [-0.05, 0) is 0 Å². The van der Waals surface area contributed by atoms with E-state index in [9.17, 15) is 22.0 Å². The van der Waals surface area contributed by atoms with Crippen LogP contribution >= 0.6 is 11.6 Å². The largest absolute Gasteiger partial charge is 0.410 e. The van der Waals surface area contributed by atoms with E-state index in [1.165, 1.54) is 0 Å². The molecule has 2 nitrogen and oxygen atoms in total. The van der Waals surface area contributed by atoms with Gasteiger partial charge in [0.2, 0.25) is 5.82 Å². The van der Waals surface area contributed by atoms with E-state index in [-0.39, 0.29) is 0 Å². The van der Waals surface area contributed by atoms with Gasteiger partial charge in [0, 0.05) is 0 Å². The summed E-state index contributed by atoms with van der Waals surface area (Å²) < 4.78 is 63.3. The second kappa shape index (κ2) is 4.01. The van der Waals surface area contributed by atoms with Crippen LogP contribution in [0.1, 0.15) is 5.56 Å². The molecule has 8 heteroatoms. The smallest absolute Gasteiger partial charge is 0.200 e. The Morgan fingerprint density at radius 2 is 1.20 bits per heavy atom. The molecule has 1 aromatic rings. The molecule has 0 amide bonds. The summed E-state index contributed by atoms with van der Waals surface area (Å²) in [5, 5.41) is 8.98. The lowest BCUT2D eigenvalue weighted by atomic mass is 10.2. The molecule has 0 heterocycles. The summed E-state index contributed by atoms with van der Waals surface area (Å²) in [4.78, 5) is 0. The Labute approximate surface area is 84.6 Å². The highest BCUT2D eigenvalue weighted by atomic mass is 35.5. The van der Waals surface area contributed by atoms with Crippen LogP contribution in [-0.4, -0.2) is 10.4 Å². The molecule has 0 unspecified atom stereocenters. The maximum absolute atomic E-state index is 12.8. The fraction of sp³-hybridized carbons (Fsp3) is 0.